The normalized spacial score (nSPS) is 13.1. The third kappa shape index (κ3) is 7.46. The average molecular weight is 508 g/mol. The quantitative estimate of drug-likeness (QED) is 0.495. The molecule has 0 aromatic heterocycles. The van der Waals surface area contributed by atoms with Gasteiger partial charge in [0.15, 0.2) is 0 Å². The van der Waals surface area contributed by atoms with E-state index in [0.717, 1.165) is 28.1 Å². The molecule has 0 saturated heterocycles. The van der Waals surface area contributed by atoms with Crippen molar-refractivity contribution in [1.29, 1.82) is 0 Å². The molecule has 0 aliphatic carbocycles. The van der Waals surface area contributed by atoms with Gasteiger partial charge >= 0.3 is 0 Å². The molecule has 0 aliphatic rings. The predicted octanol–water partition coefficient (Wildman–Crippen LogP) is 4.14. The van der Waals surface area contributed by atoms with Crippen LogP contribution in [0.3, 0.4) is 0 Å². The number of sulfonamides is 1. The van der Waals surface area contributed by atoms with Gasteiger partial charge in [0.25, 0.3) is 0 Å². The average Bonchev–Trinajstić information content (AvgIpc) is 2.77. The lowest BCUT2D eigenvalue weighted by molar-refractivity contribution is -0.140. The standard InChI is InChI=1S/C25H34ClN3O4S/c1-6-19(4)27-25(31)22(7-2)28(16-20-12-10-11-18(3)15-20)24(30)17-29(34(5,32)33)23-14-9-8-13-21(23)26/h8-15,19,22H,6-7,16-17H2,1-5H3,(H,27,31)/t19-,22+/m1/s1. The number of hydrogen-bond donors (Lipinski definition) is 1. The monoisotopic (exact) mass is 507 g/mol. The van der Waals surface area contributed by atoms with Crippen molar-refractivity contribution >= 4 is 39.1 Å². The van der Waals surface area contributed by atoms with Crippen molar-refractivity contribution in [3.8, 4) is 0 Å². The van der Waals surface area contributed by atoms with Crippen LogP contribution in [-0.2, 0) is 26.2 Å². The predicted molar refractivity (Wildman–Crippen MR) is 137 cm³/mol. The summed E-state index contributed by atoms with van der Waals surface area (Å²) < 4.78 is 26.2. The number of nitrogens with zero attached hydrogens (tertiary/aromatic N) is 2. The summed E-state index contributed by atoms with van der Waals surface area (Å²) in [4.78, 5) is 28.2. The molecule has 0 radical (unpaired) electrons. The van der Waals surface area contributed by atoms with E-state index in [1.807, 2.05) is 52.0 Å². The van der Waals surface area contributed by atoms with Crippen molar-refractivity contribution in [3.05, 3.63) is 64.7 Å². The Labute approximate surface area is 208 Å². The molecule has 0 bridgehead atoms. The summed E-state index contributed by atoms with van der Waals surface area (Å²) in [6.07, 6.45) is 2.16. The Bertz CT molecular complexity index is 1110. The fourth-order valence-electron chi connectivity index (χ4n) is 3.62. The minimum Gasteiger partial charge on any atom is -0.352 e. The molecule has 0 heterocycles. The summed E-state index contributed by atoms with van der Waals surface area (Å²) >= 11 is 6.25. The van der Waals surface area contributed by atoms with E-state index in [1.54, 1.807) is 24.3 Å². The van der Waals surface area contributed by atoms with Crippen LogP contribution in [0.15, 0.2) is 48.5 Å². The first kappa shape index (κ1) is 27.7. The van der Waals surface area contributed by atoms with Gasteiger partial charge in [-0.05, 0) is 44.4 Å². The molecule has 2 atom stereocenters. The second-order valence-corrected chi connectivity index (χ2v) is 10.8. The van der Waals surface area contributed by atoms with Crippen LogP contribution in [0.5, 0.6) is 0 Å². The Balaban J connectivity index is 2.45. The molecular formula is C25H34ClN3O4S. The number of amides is 2. The van der Waals surface area contributed by atoms with Crippen LogP contribution in [0.1, 0.15) is 44.7 Å². The van der Waals surface area contributed by atoms with E-state index in [1.165, 1.54) is 4.90 Å². The number of carbonyl (C=O) groups is 2. The van der Waals surface area contributed by atoms with E-state index in [2.05, 4.69) is 5.32 Å². The van der Waals surface area contributed by atoms with Gasteiger partial charge in [0.1, 0.15) is 12.6 Å². The van der Waals surface area contributed by atoms with Gasteiger partial charge in [-0.15, -0.1) is 0 Å². The topological polar surface area (TPSA) is 86.8 Å². The largest absolute Gasteiger partial charge is 0.352 e. The highest BCUT2D eigenvalue weighted by Gasteiger charge is 2.32. The van der Waals surface area contributed by atoms with E-state index in [9.17, 15) is 18.0 Å². The summed E-state index contributed by atoms with van der Waals surface area (Å²) in [5.74, 6) is -0.750. The van der Waals surface area contributed by atoms with Crippen LogP contribution in [0.25, 0.3) is 0 Å². The number of para-hydroxylation sites is 1. The summed E-state index contributed by atoms with van der Waals surface area (Å²) in [5.41, 5.74) is 2.09. The fourth-order valence-corrected chi connectivity index (χ4v) is 4.77. The summed E-state index contributed by atoms with van der Waals surface area (Å²) in [5, 5.41) is 3.17. The lowest BCUT2D eigenvalue weighted by Gasteiger charge is -2.33. The molecule has 0 unspecified atom stereocenters. The summed E-state index contributed by atoms with van der Waals surface area (Å²) in [6.45, 7) is 7.36. The number of rotatable bonds is 11. The Morgan fingerprint density at radius 1 is 1.06 bits per heavy atom. The van der Waals surface area contributed by atoms with Gasteiger partial charge in [0.05, 0.1) is 17.0 Å². The van der Waals surface area contributed by atoms with Crippen LogP contribution in [0.4, 0.5) is 5.69 Å². The lowest BCUT2D eigenvalue weighted by Crippen LogP contribution is -2.53. The molecule has 2 aromatic rings. The molecule has 0 saturated carbocycles. The third-order valence-corrected chi connectivity index (χ3v) is 7.07. The number of halogens is 1. The van der Waals surface area contributed by atoms with Crippen LogP contribution in [0.2, 0.25) is 5.02 Å². The van der Waals surface area contributed by atoms with Crippen molar-refractivity contribution in [2.24, 2.45) is 0 Å². The molecule has 9 heteroatoms. The highest BCUT2D eigenvalue weighted by atomic mass is 35.5. The zero-order chi connectivity index (χ0) is 25.5. The summed E-state index contributed by atoms with van der Waals surface area (Å²) in [7, 11) is -3.82. The van der Waals surface area contributed by atoms with Crippen molar-refractivity contribution in [1.82, 2.24) is 10.2 Å². The molecule has 2 aromatic carbocycles. The van der Waals surface area contributed by atoms with Crippen LogP contribution in [0, 0.1) is 6.92 Å². The van der Waals surface area contributed by atoms with Crippen LogP contribution in [-0.4, -0.2) is 50.0 Å². The molecule has 0 aliphatic heterocycles. The Morgan fingerprint density at radius 3 is 2.29 bits per heavy atom. The highest BCUT2D eigenvalue weighted by Crippen LogP contribution is 2.27. The van der Waals surface area contributed by atoms with Gasteiger partial charge in [0.2, 0.25) is 21.8 Å². The van der Waals surface area contributed by atoms with Gasteiger partial charge in [-0.2, -0.15) is 0 Å². The first-order valence-electron chi connectivity index (χ1n) is 11.4. The van der Waals surface area contributed by atoms with Crippen molar-refractivity contribution in [3.63, 3.8) is 0 Å². The van der Waals surface area contributed by atoms with Crippen LogP contribution < -0.4 is 9.62 Å². The van der Waals surface area contributed by atoms with E-state index >= 15 is 0 Å². The van der Waals surface area contributed by atoms with E-state index in [4.69, 9.17) is 11.6 Å². The van der Waals surface area contributed by atoms with Crippen molar-refractivity contribution < 1.29 is 18.0 Å². The maximum absolute atomic E-state index is 13.6. The number of hydrogen-bond acceptors (Lipinski definition) is 4. The van der Waals surface area contributed by atoms with E-state index in [0.29, 0.717) is 6.42 Å². The van der Waals surface area contributed by atoms with Crippen molar-refractivity contribution in [2.45, 2.75) is 59.2 Å². The zero-order valence-electron chi connectivity index (χ0n) is 20.4. The van der Waals surface area contributed by atoms with Gasteiger partial charge in [0, 0.05) is 12.6 Å². The molecule has 34 heavy (non-hydrogen) atoms. The second-order valence-electron chi connectivity index (χ2n) is 8.47. The minimum absolute atomic E-state index is 0.0480. The summed E-state index contributed by atoms with van der Waals surface area (Å²) in [6, 6.07) is 13.3. The first-order chi connectivity index (χ1) is 16.0. The van der Waals surface area contributed by atoms with Gasteiger partial charge in [-0.1, -0.05) is 67.4 Å². The lowest BCUT2D eigenvalue weighted by atomic mass is 10.1. The maximum atomic E-state index is 13.6. The van der Waals surface area contributed by atoms with E-state index in [-0.39, 0.29) is 29.2 Å². The molecule has 7 nitrogen and oxygen atoms in total. The Hall–Kier alpha value is -2.58. The molecule has 1 N–H and O–H groups in total. The van der Waals surface area contributed by atoms with Gasteiger partial charge in [-0.25, -0.2) is 8.42 Å². The fraction of sp³-hybridized carbons (Fsp3) is 0.440. The number of benzene rings is 2. The number of carbonyl (C=O) groups excluding carboxylic acids is 2. The zero-order valence-corrected chi connectivity index (χ0v) is 22.0. The molecule has 2 rings (SSSR count). The smallest absolute Gasteiger partial charge is 0.244 e. The minimum atomic E-state index is -3.82. The Kier molecular flexibility index (Phi) is 9.94. The van der Waals surface area contributed by atoms with Gasteiger partial charge < -0.3 is 10.2 Å². The molecule has 0 spiro atoms. The SMILES string of the molecule is CC[C@@H](C)NC(=O)[C@H](CC)N(Cc1cccc(C)c1)C(=O)CN(c1ccccc1Cl)S(C)(=O)=O. The molecule has 186 valence electrons. The molecular weight excluding hydrogens is 474 g/mol. The molecule has 0 fully saturated rings. The van der Waals surface area contributed by atoms with Crippen LogP contribution >= 0.6 is 11.6 Å². The Morgan fingerprint density at radius 2 is 1.74 bits per heavy atom. The third-order valence-electron chi connectivity index (χ3n) is 5.62. The van der Waals surface area contributed by atoms with E-state index < -0.39 is 28.5 Å². The van der Waals surface area contributed by atoms with Gasteiger partial charge in [-0.3, -0.25) is 13.9 Å². The first-order valence-corrected chi connectivity index (χ1v) is 13.6. The number of nitrogens with one attached hydrogen (secondary N) is 1. The number of anilines is 1. The number of aryl methyl sites for hydroxylation is 1. The molecule has 2 amide bonds. The maximum Gasteiger partial charge on any atom is 0.244 e. The highest BCUT2D eigenvalue weighted by molar-refractivity contribution is 7.92. The van der Waals surface area contributed by atoms with Crippen molar-refractivity contribution in [2.75, 3.05) is 17.1 Å². The second kappa shape index (κ2) is 12.2.